The van der Waals surface area contributed by atoms with Gasteiger partial charge in [-0.2, -0.15) is 0 Å². The van der Waals surface area contributed by atoms with Crippen LogP contribution in [0.5, 0.6) is 0 Å². The van der Waals surface area contributed by atoms with Gasteiger partial charge in [-0.05, 0) is 18.2 Å². The predicted molar refractivity (Wildman–Crippen MR) is 71.2 cm³/mol. The van der Waals surface area contributed by atoms with Crippen LogP contribution in [0.2, 0.25) is 5.02 Å². The molecule has 4 atom stereocenters. The Morgan fingerprint density at radius 1 is 1.15 bits per heavy atom. The van der Waals surface area contributed by atoms with E-state index in [4.69, 9.17) is 16.7 Å². The van der Waals surface area contributed by atoms with Crippen molar-refractivity contribution in [2.45, 2.75) is 24.4 Å². The lowest BCUT2D eigenvalue weighted by molar-refractivity contribution is -0.117. The van der Waals surface area contributed by atoms with Gasteiger partial charge < -0.3 is 30.5 Å². The van der Waals surface area contributed by atoms with E-state index in [1.165, 1.54) is 0 Å². The lowest BCUT2D eigenvalue weighted by Gasteiger charge is -2.24. The molecule has 0 saturated carbocycles. The molecule has 2 aromatic rings. The maximum Gasteiger partial charge on any atom is 0.140 e. The Labute approximate surface area is 119 Å². The summed E-state index contributed by atoms with van der Waals surface area (Å²) in [5.41, 5.74) is 1.10. The average Bonchev–Trinajstić information content (AvgIpc) is 2.86. The number of aromatic nitrogens is 2. The predicted octanol–water partition coefficient (Wildman–Crippen LogP) is -0.675. The minimum absolute atomic E-state index is 0.0268. The number of halogens is 1. The van der Waals surface area contributed by atoms with E-state index in [0.717, 1.165) is 0 Å². The molecule has 0 unspecified atom stereocenters. The molecule has 2 rings (SSSR count). The second-order valence-electron chi connectivity index (χ2n) is 4.46. The molecule has 0 aliphatic heterocycles. The van der Waals surface area contributed by atoms with Crippen molar-refractivity contribution in [2.75, 3.05) is 6.61 Å². The van der Waals surface area contributed by atoms with Crippen LogP contribution in [0.4, 0.5) is 0 Å². The van der Waals surface area contributed by atoms with Crippen LogP contribution < -0.4 is 0 Å². The summed E-state index contributed by atoms with van der Waals surface area (Å²) in [4.78, 5) is 6.84. The molecular formula is C12H15ClN2O5. The fraction of sp³-hybridized carbons (Fsp3) is 0.417. The van der Waals surface area contributed by atoms with Crippen LogP contribution >= 0.6 is 11.6 Å². The van der Waals surface area contributed by atoms with Gasteiger partial charge in [0.2, 0.25) is 0 Å². The number of rotatable bonds is 5. The first kappa shape index (κ1) is 15.2. The maximum absolute atomic E-state index is 9.94. The number of aliphatic hydroxyl groups excluding tert-OH is 5. The summed E-state index contributed by atoms with van der Waals surface area (Å²) in [6.45, 7) is -0.735. The van der Waals surface area contributed by atoms with Gasteiger partial charge in [-0.3, -0.25) is 0 Å². The summed E-state index contributed by atoms with van der Waals surface area (Å²) in [5, 5.41) is 47.7. The molecule has 8 heteroatoms. The molecular weight excluding hydrogens is 288 g/mol. The maximum atomic E-state index is 9.94. The summed E-state index contributed by atoms with van der Waals surface area (Å²) in [6.07, 6.45) is -6.50. The Kier molecular flexibility index (Phi) is 4.59. The monoisotopic (exact) mass is 302 g/mol. The topological polar surface area (TPSA) is 130 Å². The summed E-state index contributed by atoms with van der Waals surface area (Å²) < 4.78 is 0. The van der Waals surface area contributed by atoms with E-state index in [1.54, 1.807) is 18.2 Å². The van der Waals surface area contributed by atoms with Crippen molar-refractivity contribution in [1.29, 1.82) is 0 Å². The Bertz CT molecular complexity index is 590. The Hall–Kier alpha value is -1.22. The number of hydrogen-bond acceptors (Lipinski definition) is 6. The van der Waals surface area contributed by atoms with Crippen molar-refractivity contribution in [2.24, 2.45) is 0 Å². The summed E-state index contributed by atoms with van der Waals surface area (Å²) >= 11 is 5.81. The second kappa shape index (κ2) is 6.04. The van der Waals surface area contributed by atoms with Crippen LogP contribution in [0.25, 0.3) is 11.0 Å². The molecule has 110 valence electrons. The summed E-state index contributed by atoms with van der Waals surface area (Å²) in [5.74, 6) is 0.0268. The third-order valence-electron chi connectivity index (χ3n) is 3.00. The summed E-state index contributed by atoms with van der Waals surface area (Å²) in [7, 11) is 0. The van der Waals surface area contributed by atoms with E-state index in [0.29, 0.717) is 16.1 Å². The molecule has 1 heterocycles. The van der Waals surface area contributed by atoms with Gasteiger partial charge in [0, 0.05) is 5.02 Å². The molecule has 0 saturated heterocycles. The standard InChI is InChI=1S/C12H15ClN2O5/c13-5-1-2-6-7(3-5)15-12(14-6)11(20)10(19)9(18)8(17)4-16/h1-3,8-11,16-20H,4H2,(H,14,15)/t8-,9-,10+,11-/m1/s1. The Morgan fingerprint density at radius 3 is 2.50 bits per heavy atom. The quantitative estimate of drug-likeness (QED) is 0.434. The molecule has 0 aliphatic rings. The SMILES string of the molecule is OC[C@@H](O)[C@@H](O)[C@H](O)[C@@H](O)c1nc2cc(Cl)ccc2[nH]1. The van der Waals surface area contributed by atoms with Crippen molar-refractivity contribution in [3.63, 3.8) is 0 Å². The highest BCUT2D eigenvalue weighted by molar-refractivity contribution is 6.31. The van der Waals surface area contributed by atoms with Crippen molar-refractivity contribution >= 4 is 22.6 Å². The van der Waals surface area contributed by atoms with E-state index < -0.39 is 31.0 Å². The number of benzene rings is 1. The number of fused-ring (bicyclic) bond motifs is 1. The zero-order chi connectivity index (χ0) is 14.9. The van der Waals surface area contributed by atoms with Crippen molar-refractivity contribution in [3.05, 3.63) is 29.0 Å². The van der Waals surface area contributed by atoms with Crippen molar-refractivity contribution < 1.29 is 25.5 Å². The van der Waals surface area contributed by atoms with Crippen LogP contribution in [-0.2, 0) is 0 Å². The third-order valence-corrected chi connectivity index (χ3v) is 3.23. The zero-order valence-corrected chi connectivity index (χ0v) is 11.1. The van der Waals surface area contributed by atoms with Gasteiger partial charge in [-0.25, -0.2) is 4.98 Å². The fourth-order valence-corrected chi connectivity index (χ4v) is 1.99. The molecule has 7 nitrogen and oxygen atoms in total. The first-order valence-corrected chi connectivity index (χ1v) is 6.30. The van der Waals surface area contributed by atoms with Gasteiger partial charge in [-0.1, -0.05) is 11.6 Å². The third kappa shape index (κ3) is 2.93. The largest absolute Gasteiger partial charge is 0.394 e. The highest BCUT2D eigenvalue weighted by Crippen LogP contribution is 2.23. The van der Waals surface area contributed by atoms with Gasteiger partial charge in [0.05, 0.1) is 17.6 Å². The highest BCUT2D eigenvalue weighted by Gasteiger charge is 2.32. The molecule has 0 amide bonds. The first-order valence-electron chi connectivity index (χ1n) is 5.92. The van der Waals surface area contributed by atoms with E-state index in [-0.39, 0.29) is 5.82 Å². The Morgan fingerprint density at radius 2 is 1.85 bits per heavy atom. The zero-order valence-electron chi connectivity index (χ0n) is 10.3. The van der Waals surface area contributed by atoms with E-state index in [9.17, 15) is 20.4 Å². The molecule has 1 aromatic heterocycles. The minimum Gasteiger partial charge on any atom is -0.394 e. The van der Waals surface area contributed by atoms with Crippen molar-refractivity contribution in [1.82, 2.24) is 9.97 Å². The van der Waals surface area contributed by atoms with Gasteiger partial charge in [0.1, 0.15) is 30.2 Å². The van der Waals surface area contributed by atoms with E-state index in [1.807, 2.05) is 0 Å². The number of nitrogens with zero attached hydrogens (tertiary/aromatic N) is 1. The second-order valence-corrected chi connectivity index (χ2v) is 4.90. The van der Waals surface area contributed by atoms with Crippen LogP contribution in [0.1, 0.15) is 11.9 Å². The number of H-pyrrole nitrogens is 1. The van der Waals surface area contributed by atoms with Crippen LogP contribution in [0.3, 0.4) is 0 Å². The Balaban J connectivity index is 2.24. The number of nitrogens with one attached hydrogen (secondary N) is 1. The van der Waals surface area contributed by atoms with Crippen LogP contribution in [0.15, 0.2) is 18.2 Å². The number of hydrogen-bond donors (Lipinski definition) is 6. The normalized spacial score (nSPS) is 17.9. The molecule has 1 aromatic carbocycles. The van der Waals surface area contributed by atoms with Gasteiger partial charge >= 0.3 is 0 Å². The van der Waals surface area contributed by atoms with Gasteiger partial charge in [0.15, 0.2) is 0 Å². The molecule has 20 heavy (non-hydrogen) atoms. The average molecular weight is 303 g/mol. The lowest BCUT2D eigenvalue weighted by atomic mass is 10.0. The number of aromatic amines is 1. The first-order chi connectivity index (χ1) is 9.43. The van der Waals surface area contributed by atoms with Crippen LogP contribution in [0, 0.1) is 0 Å². The highest BCUT2D eigenvalue weighted by atomic mass is 35.5. The number of imidazole rings is 1. The number of aliphatic hydroxyl groups is 5. The fourth-order valence-electron chi connectivity index (χ4n) is 1.82. The molecule has 0 radical (unpaired) electrons. The van der Waals surface area contributed by atoms with Crippen molar-refractivity contribution in [3.8, 4) is 0 Å². The lowest BCUT2D eigenvalue weighted by Crippen LogP contribution is -2.42. The molecule has 0 spiro atoms. The van der Waals surface area contributed by atoms with Gasteiger partial charge in [-0.15, -0.1) is 0 Å². The summed E-state index contributed by atoms with van der Waals surface area (Å²) in [6, 6.07) is 4.88. The molecule has 0 aliphatic carbocycles. The molecule has 0 fully saturated rings. The van der Waals surface area contributed by atoms with E-state index >= 15 is 0 Å². The van der Waals surface area contributed by atoms with Gasteiger partial charge in [0.25, 0.3) is 0 Å². The molecule has 0 bridgehead atoms. The minimum atomic E-state index is -1.70. The van der Waals surface area contributed by atoms with Crippen LogP contribution in [-0.4, -0.2) is 60.4 Å². The van der Waals surface area contributed by atoms with E-state index in [2.05, 4.69) is 9.97 Å². The smallest absolute Gasteiger partial charge is 0.140 e. The molecule has 6 N–H and O–H groups in total.